The van der Waals surface area contributed by atoms with Gasteiger partial charge in [0, 0.05) is 17.8 Å². The second-order valence-corrected chi connectivity index (χ2v) is 7.94. The normalized spacial score (nSPS) is 12.0. The van der Waals surface area contributed by atoms with Crippen molar-refractivity contribution in [1.29, 1.82) is 0 Å². The maximum atomic E-state index is 12.5. The number of nitro benzene ring substituents is 2. The summed E-state index contributed by atoms with van der Waals surface area (Å²) in [6, 6.07) is 8.96. The smallest absolute Gasteiger partial charge is 0.277 e. The second kappa shape index (κ2) is 9.12. The third kappa shape index (κ3) is 6.08. The standard InChI is InChI=1S/C16H13Cl3N4O6/c1-29-13-4-2-10(3-5-13)20-15(16(17,18)19)21-14(24)9-6-11(22(25)26)8-12(7-9)23(27)28/h2-8,15,20H,1H3,(H,21,24)/t15-/m1/s1. The van der Waals surface area contributed by atoms with Gasteiger partial charge in [0.25, 0.3) is 17.3 Å². The fourth-order valence-electron chi connectivity index (χ4n) is 2.21. The van der Waals surface area contributed by atoms with E-state index in [9.17, 15) is 25.0 Å². The molecule has 0 saturated heterocycles. The van der Waals surface area contributed by atoms with Crippen molar-refractivity contribution < 1.29 is 19.4 Å². The maximum Gasteiger partial charge on any atom is 0.277 e. The Morgan fingerprint density at radius 2 is 1.55 bits per heavy atom. The van der Waals surface area contributed by atoms with Gasteiger partial charge in [-0.15, -0.1) is 0 Å². The maximum absolute atomic E-state index is 12.5. The number of rotatable bonds is 7. The van der Waals surface area contributed by atoms with Crippen LogP contribution in [0, 0.1) is 20.2 Å². The van der Waals surface area contributed by atoms with Gasteiger partial charge in [-0.25, -0.2) is 0 Å². The summed E-state index contributed by atoms with van der Waals surface area (Å²) >= 11 is 17.7. The number of non-ortho nitro benzene ring substituents is 2. The number of anilines is 1. The number of benzene rings is 2. The topological polar surface area (TPSA) is 137 Å². The number of nitrogens with one attached hydrogen (secondary N) is 2. The van der Waals surface area contributed by atoms with Crippen LogP contribution in [-0.2, 0) is 0 Å². The zero-order valence-corrected chi connectivity index (χ0v) is 16.9. The molecule has 0 heterocycles. The highest BCUT2D eigenvalue weighted by Crippen LogP contribution is 2.32. The Hall–Kier alpha value is -2.82. The molecule has 0 bridgehead atoms. The van der Waals surface area contributed by atoms with E-state index in [4.69, 9.17) is 39.5 Å². The lowest BCUT2D eigenvalue weighted by atomic mass is 10.1. The van der Waals surface area contributed by atoms with Gasteiger partial charge < -0.3 is 15.4 Å². The summed E-state index contributed by atoms with van der Waals surface area (Å²) in [5, 5.41) is 27.1. The molecular weight excluding hydrogens is 451 g/mol. The number of methoxy groups -OCH3 is 1. The first-order valence-corrected chi connectivity index (χ1v) is 8.86. The predicted octanol–water partition coefficient (Wildman–Crippen LogP) is 4.05. The summed E-state index contributed by atoms with van der Waals surface area (Å²) in [6.07, 6.45) is -1.27. The molecule has 0 radical (unpaired) electrons. The van der Waals surface area contributed by atoms with E-state index in [1.807, 2.05) is 0 Å². The van der Waals surface area contributed by atoms with Gasteiger partial charge in [-0.1, -0.05) is 34.8 Å². The van der Waals surface area contributed by atoms with E-state index in [1.165, 1.54) is 7.11 Å². The number of carbonyl (C=O) groups is 1. The van der Waals surface area contributed by atoms with E-state index >= 15 is 0 Å². The van der Waals surface area contributed by atoms with Gasteiger partial charge >= 0.3 is 0 Å². The zero-order valence-electron chi connectivity index (χ0n) is 14.6. The van der Waals surface area contributed by atoms with Gasteiger partial charge in [0.15, 0.2) is 0 Å². The average molecular weight is 464 g/mol. The lowest BCUT2D eigenvalue weighted by Gasteiger charge is -2.27. The first-order chi connectivity index (χ1) is 13.5. The van der Waals surface area contributed by atoms with Crippen molar-refractivity contribution in [2.24, 2.45) is 0 Å². The molecule has 0 aliphatic rings. The number of carbonyl (C=O) groups excluding carboxylic acids is 1. The summed E-state index contributed by atoms with van der Waals surface area (Å²) in [4.78, 5) is 32.8. The molecule has 0 saturated carbocycles. The molecule has 1 atom stereocenters. The van der Waals surface area contributed by atoms with Gasteiger partial charge in [0.1, 0.15) is 11.9 Å². The predicted molar refractivity (Wildman–Crippen MR) is 108 cm³/mol. The highest BCUT2D eigenvalue weighted by atomic mass is 35.6. The molecular formula is C16H13Cl3N4O6. The number of ether oxygens (including phenoxy) is 1. The minimum Gasteiger partial charge on any atom is -0.497 e. The molecule has 0 aliphatic carbocycles. The van der Waals surface area contributed by atoms with Crippen LogP contribution in [0.25, 0.3) is 0 Å². The van der Waals surface area contributed by atoms with E-state index in [1.54, 1.807) is 24.3 Å². The molecule has 2 N–H and O–H groups in total. The molecule has 0 spiro atoms. The fourth-order valence-corrected chi connectivity index (χ4v) is 2.53. The SMILES string of the molecule is COc1ccc(N[C@H](NC(=O)c2cc([N+](=O)[O-])cc([N+](=O)[O-])c2)C(Cl)(Cl)Cl)cc1. The summed E-state index contributed by atoms with van der Waals surface area (Å²) in [7, 11) is 1.49. The third-order valence-corrected chi connectivity index (χ3v) is 4.24. The molecule has 13 heteroatoms. The van der Waals surface area contributed by atoms with Crippen LogP contribution in [0.2, 0.25) is 0 Å². The molecule has 2 aromatic rings. The van der Waals surface area contributed by atoms with E-state index in [0.717, 1.165) is 18.2 Å². The molecule has 2 aromatic carbocycles. The first-order valence-electron chi connectivity index (χ1n) is 7.73. The fraction of sp³-hybridized carbons (Fsp3) is 0.188. The summed E-state index contributed by atoms with van der Waals surface area (Å²) in [5.74, 6) is -0.344. The van der Waals surface area contributed by atoms with Gasteiger partial charge in [-0.2, -0.15) is 0 Å². The Kier molecular flexibility index (Phi) is 7.07. The Bertz CT molecular complexity index is 901. The van der Waals surface area contributed by atoms with E-state index < -0.39 is 37.1 Å². The highest BCUT2D eigenvalue weighted by Gasteiger charge is 2.35. The monoisotopic (exact) mass is 462 g/mol. The van der Waals surface area contributed by atoms with E-state index in [0.29, 0.717) is 11.4 Å². The largest absolute Gasteiger partial charge is 0.497 e. The van der Waals surface area contributed by atoms with Crippen LogP contribution in [-0.4, -0.2) is 32.8 Å². The number of hydrogen-bond acceptors (Lipinski definition) is 7. The number of amides is 1. The second-order valence-electron chi connectivity index (χ2n) is 5.57. The number of alkyl halides is 3. The Morgan fingerprint density at radius 1 is 1.03 bits per heavy atom. The van der Waals surface area contributed by atoms with Crippen LogP contribution < -0.4 is 15.4 Å². The average Bonchev–Trinajstić information content (AvgIpc) is 2.66. The van der Waals surface area contributed by atoms with Crippen molar-refractivity contribution in [3.8, 4) is 5.75 Å². The van der Waals surface area contributed by atoms with E-state index in [-0.39, 0.29) is 5.56 Å². The Labute approximate surface area is 179 Å². The molecule has 2 rings (SSSR count). The van der Waals surface area contributed by atoms with Crippen molar-refractivity contribution >= 4 is 57.8 Å². The highest BCUT2D eigenvalue weighted by molar-refractivity contribution is 6.68. The molecule has 29 heavy (non-hydrogen) atoms. The number of nitrogens with zero attached hydrogens (tertiary/aromatic N) is 2. The summed E-state index contributed by atoms with van der Waals surface area (Å²) in [6.45, 7) is 0. The number of halogens is 3. The lowest BCUT2D eigenvalue weighted by molar-refractivity contribution is -0.394. The van der Waals surface area contributed by atoms with Crippen LogP contribution in [0.5, 0.6) is 5.75 Å². The van der Waals surface area contributed by atoms with Crippen molar-refractivity contribution in [1.82, 2.24) is 5.32 Å². The zero-order chi connectivity index (χ0) is 21.8. The van der Waals surface area contributed by atoms with Crippen LogP contribution in [0.15, 0.2) is 42.5 Å². The van der Waals surface area contributed by atoms with Crippen molar-refractivity contribution in [3.63, 3.8) is 0 Å². The van der Waals surface area contributed by atoms with Gasteiger partial charge in [0.05, 0.1) is 28.6 Å². The molecule has 0 aromatic heterocycles. The van der Waals surface area contributed by atoms with Crippen LogP contribution in [0.4, 0.5) is 17.1 Å². The minimum atomic E-state index is -2.03. The van der Waals surface area contributed by atoms with Crippen molar-refractivity contribution in [3.05, 3.63) is 68.3 Å². The third-order valence-electron chi connectivity index (χ3n) is 3.59. The summed E-state index contributed by atoms with van der Waals surface area (Å²) < 4.78 is 3.01. The van der Waals surface area contributed by atoms with Crippen LogP contribution in [0.1, 0.15) is 10.4 Å². The Morgan fingerprint density at radius 3 is 1.97 bits per heavy atom. The molecule has 154 valence electrons. The van der Waals surface area contributed by atoms with Gasteiger partial charge in [0.2, 0.25) is 3.79 Å². The molecule has 1 amide bonds. The molecule has 0 unspecified atom stereocenters. The number of hydrogen-bond donors (Lipinski definition) is 2. The first kappa shape index (κ1) is 22.5. The molecule has 0 aliphatic heterocycles. The minimum absolute atomic E-state index is 0.346. The van der Waals surface area contributed by atoms with Crippen LogP contribution in [0.3, 0.4) is 0 Å². The molecule has 10 nitrogen and oxygen atoms in total. The van der Waals surface area contributed by atoms with Gasteiger partial charge in [-0.3, -0.25) is 25.0 Å². The quantitative estimate of drug-likeness (QED) is 0.273. The number of nitro groups is 2. The summed E-state index contributed by atoms with van der Waals surface area (Å²) in [5.41, 5.74) is -1.13. The van der Waals surface area contributed by atoms with Crippen molar-refractivity contribution in [2.45, 2.75) is 9.96 Å². The van der Waals surface area contributed by atoms with Crippen molar-refractivity contribution in [2.75, 3.05) is 12.4 Å². The lowest BCUT2D eigenvalue weighted by Crippen LogP contribution is -2.49. The van der Waals surface area contributed by atoms with Crippen LogP contribution >= 0.6 is 34.8 Å². The van der Waals surface area contributed by atoms with Gasteiger partial charge in [-0.05, 0) is 24.3 Å². The molecule has 0 fully saturated rings. The Balaban J connectivity index is 2.30. The van der Waals surface area contributed by atoms with E-state index in [2.05, 4.69) is 10.6 Å².